The van der Waals surface area contributed by atoms with Crippen LogP contribution in [-0.4, -0.2) is 66.8 Å². The number of methoxy groups -OCH3 is 1. The Balaban J connectivity index is 1.45. The molecule has 12 heteroatoms. The number of anilines is 2. The second-order valence-electron chi connectivity index (χ2n) is 6.94. The van der Waals surface area contributed by atoms with Crippen molar-refractivity contribution in [2.24, 2.45) is 0 Å². The first kappa shape index (κ1) is 22.9. The fraction of sp³-hybridized carbons (Fsp3) is 0.474. The number of carbonyl (C=O) groups is 2. The van der Waals surface area contributed by atoms with Crippen molar-refractivity contribution in [1.82, 2.24) is 15.1 Å². The maximum atomic E-state index is 12.9. The van der Waals surface area contributed by atoms with Gasteiger partial charge in [0.1, 0.15) is 5.01 Å². The van der Waals surface area contributed by atoms with Crippen LogP contribution < -0.4 is 10.2 Å². The van der Waals surface area contributed by atoms with Gasteiger partial charge in [-0.25, -0.2) is 0 Å². The van der Waals surface area contributed by atoms with Crippen molar-refractivity contribution in [3.05, 3.63) is 34.8 Å². The highest BCUT2D eigenvalue weighted by Gasteiger charge is 2.31. The average Bonchev–Trinajstić information content (AvgIpc) is 3.19. The zero-order valence-electron chi connectivity index (χ0n) is 16.8. The van der Waals surface area contributed by atoms with Gasteiger partial charge in [-0.3, -0.25) is 19.8 Å². The quantitative estimate of drug-likeness (QED) is 0.639. The first-order chi connectivity index (χ1) is 14.7. The number of esters is 1. The molecule has 0 aliphatic carbocycles. The molecule has 1 N–H and O–H groups in total. The number of piperazine rings is 1. The molecule has 0 bridgehead atoms. The van der Waals surface area contributed by atoms with Crippen molar-refractivity contribution in [1.29, 1.82) is 0 Å². The summed E-state index contributed by atoms with van der Waals surface area (Å²) in [5.41, 5.74) is -0.151. The molecule has 31 heavy (non-hydrogen) atoms. The molecule has 1 aliphatic rings. The summed E-state index contributed by atoms with van der Waals surface area (Å²) < 4.78 is 43.3. The molecule has 0 saturated carbocycles. The molecule has 0 spiro atoms. The number of benzene rings is 1. The lowest BCUT2D eigenvalue weighted by Crippen LogP contribution is -2.48. The summed E-state index contributed by atoms with van der Waals surface area (Å²) in [4.78, 5) is 27.3. The summed E-state index contributed by atoms with van der Waals surface area (Å²) in [6.45, 7) is 2.28. The number of nitrogens with one attached hydrogen (secondary N) is 1. The zero-order valence-corrected chi connectivity index (χ0v) is 17.6. The number of rotatable bonds is 7. The highest BCUT2D eigenvalue weighted by atomic mass is 32.1. The molecule has 2 aromatic rings. The minimum Gasteiger partial charge on any atom is -0.469 e. The summed E-state index contributed by atoms with van der Waals surface area (Å²) in [5, 5.41) is 11.5. The van der Waals surface area contributed by atoms with Crippen LogP contribution in [0.3, 0.4) is 0 Å². The van der Waals surface area contributed by atoms with E-state index in [0.717, 1.165) is 12.1 Å². The third-order valence-corrected chi connectivity index (χ3v) is 5.66. The molecule has 3 rings (SSSR count). The monoisotopic (exact) mass is 457 g/mol. The summed E-state index contributed by atoms with van der Waals surface area (Å²) in [6, 6.07) is 5.26. The number of aryl methyl sites for hydroxylation is 1. The number of halogens is 3. The number of nitrogens with zero attached hydrogens (tertiary/aromatic N) is 4. The maximum absolute atomic E-state index is 12.9. The largest absolute Gasteiger partial charge is 0.469 e. The van der Waals surface area contributed by atoms with Crippen LogP contribution in [0.1, 0.15) is 17.0 Å². The average molecular weight is 457 g/mol. The van der Waals surface area contributed by atoms with Gasteiger partial charge >= 0.3 is 12.1 Å². The van der Waals surface area contributed by atoms with Crippen LogP contribution in [-0.2, 0) is 26.9 Å². The highest BCUT2D eigenvalue weighted by Crippen LogP contribution is 2.31. The Labute approximate surface area is 181 Å². The van der Waals surface area contributed by atoms with E-state index in [4.69, 9.17) is 0 Å². The second-order valence-corrected chi connectivity index (χ2v) is 8.00. The molecule has 2 heterocycles. The van der Waals surface area contributed by atoms with Gasteiger partial charge in [-0.2, -0.15) is 13.2 Å². The molecule has 1 aromatic carbocycles. The second kappa shape index (κ2) is 10.1. The number of ether oxygens (including phenoxy) is 1. The Kier molecular flexibility index (Phi) is 7.44. The van der Waals surface area contributed by atoms with E-state index in [1.54, 1.807) is 6.07 Å². The minimum atomic E-state index is -4.38. The first-order valence-electron chi connectivity index (χ1n) is 9.58. The van der Waals surface area contributed by atoms with Crippen LogP contribution in [0.25, 0.3) is 0 Å². The Hall–Kier alpha value is -2.73. The third kappa shape index (κ3) is 6.62. The van der Waals surface area contributed by atoms with E-state index in [9.17, 15) is 22.8 Å². The van der Waals surface area contributed by atoms with Crippen LogP contribution in [0.5, 0.6) is 0 Å². The zero-order chi connectivity index (χ0) is 22.4. The normalized spacial score (nSPS) is 15.0. The van der Waals surface area contributed by atoms with Gasteiger partial charge in [0.25, 0.3) is 0 Å². The van der Waals surface area contributed by atoms with Gasteiger partial charge in [-0.05, 0) is 18.2 Å². The van der Waals surface area contributed by atoms with Crippen LogP contribution in [0.15, 0.2) is 24.3 Å². The molecule has 1 fully saturated rings. The van der Waals surface area contributed by atoms with Crippen molar-refractivity contribution >= 4 is 34.0 Å². The smallest absolute Gasteiger partial charge is 0.416 e. The third-order valence-electron chi connectivity index (χ3n) is 4.76. The summed E-state index contributed by atoms with van der Waals surface area (Å²) >= 11 is 1.20. The standard InChI is InChI=1S/C19H22F3N5O3S/c1-30-17(29)6-5-16-24-25-18(31-16)23-15(28)12-26-7-9-27(10-8-26)14-4-2-3-13(11-14)19(20,21)22/h2-4,11H,5-10,12H2,1H3,(H,23,25,28). The molecule has 1 saturated heterocycles. The highest BCUT2D eigenvalue weighted by molar-refractivity contribution is 7.15. The summed E-state index contributed by atoms with van der Waals surface area (Å²) in [5.74, 6) is -0.590. The molecule has 1 amide bonds. The van der Waals surface area contributed by atoms with E-state index in [1.807, 2.05) is 9.80 Å². The lowest BCUT2D eigenvalue weighted by Gasteiger charge is -2.35. The van der Waals surface area contributed by atoms with Gasteiger partial charge in [0.05, 0.1) is 25.6 Å². The molecule has 0 atom stereocenters. The van der Waals surface area contributed by atoms with Gasteiger partial charge in [-0.15, -0.1) is 10.2 Å². The Morgan fingerprint density at radius 1 is 1.19 bits per heavy atom. The van der Waals surface area contributed by atoms with Gasteiger partial charge < -0.3 is 9.64 Å². The van der Waals surface area contributed by atoms with Crippen LogP contribution in [0, 0.1) is 0 Å². The van der Waals surface area contributed by atoms with Gasteiger partial charge in [0.2, 0.25) is 11.0 Å². The molecule has 1 aliphatic heterocycles. The molecular formula is C19H22F3N5O3S. The van der Waals surface area contributed by atoms with Crippen molar-refractivity contribution in [3.63, 3.8) is 0 Å². The topological polar surface area (TPSA) is 87.7 Å². The SMILES string of the molecule is COC(=O)CCc1nnc(NC(=O)CN2CCN(c3cccc(C(F)(F)F)c3)CC2)s1. The van der Waals surface area contributed by atoms with E-state index in [1.165, 1.54) is 24.5 Å². The minimum absolute atomic E-state index is 0.146. The first-order valence-corrected chi connectivity index (χ1v) is 10.4. The van der Waals surface area contributed by atoms with Gasteiger partial charge in [0, 0.05) is 38.3 Å². The maximum Gasteiger partial charge on any atom is 0.416 e. The van der Waals surface area contributed by atoms with E-state index >= 15 is 0 Å². The van der Waals surface area contributed by atoms with Crippen LogP contribution in [0.4, 0.5) is 24.0 Å². The van der Waals surface area contributed by atoms with E-state index < -0.39 is 11.7 Å². The lowest BCUT2D eigenvalue weighted by molar-refractivity contribution is -0.140. The van der Waals surface area contributed by atoms with E-state index in [2.05, 4.69) is 20.3 Å². The predicted molar refractivity (Wildman–Crippen MR) is 109 cm³/mol. The lowest BCUT2D eigenvalue weighted by atomic mass is 10.1. The predicted octanol–water partition coefficient (Wildman–Crippen LogP) is 2.42. The molecule has 0 unspecified atom stereocenters. The number of alkyl halides is 3. The molecule has 168 valence electrons. The van der Waals surface area contributed by atoms with E-state index in [0.29, 0.717) is 48.4 Å². The fourth-order valence-electron chi connectivity index (χ4n) is 3.12. The van der Waals surface area contributed by atoms with Crippen molar-refractivity contribution in [2.45, 2.75) is 19.0 Å². The number of aromatic nitrogens is 2. The molecule has 1 aromatic heterocycles. The molecule has 0 radical (unpaired) electrons. The van der Waals surface area contributed by atoms with Gasteiger partial charge in [-0.1, -0.05) is 17.4 Å². The van der Waals surface area contributed by atoms with Gasteiger partial charge in [0.15, 0.2) is 0 Å². The Morgan fingerprint density at radius 3 is 2.61 bits per heavy atom. The van der Waals surface area contributed by atoms with E-state index in [-0.39, 0.29) is 24.8 Å². The van der Waals surface area contributed by atoms with Crippen molar-refractivity contribution in [2.75, 3.05) is 50.1 Å². The Bertz CT molecular complexity index is 913. The van der Waals surface area contributed by atoms with Crippen molar-refractivity contribution < 1.29 is 27.5 Å². The fourth-order valence-corrected chi connectivity index (χ4v) is 3.88. The Morgan fingerprint density at radius 2 is 1.94 bits per heavy atom. The number of hydrogen-bond donors (Lipinski definition) is 1. The summed E-state index contributed by atoms with van der Waals surface area (Å²) in [6.07, 6.45) is -3.80. The number of amides is 1. The van der Waals surface area contributed by atoms with Crippen LogP contribution in [0.2, 0.25) is 0 Å². The van der Waals surface area contributed by atoms with Crippen molar-refractivity contribution in [3.8, 4) is 0 Å². The summed E-state index contributed by atoms with van der Waals surface area (Å²) in [7, 11) is 1.31. The van der Waals surface area contributed by atoms with Crippen LogP contribution >= 0.6 is 11.3 Å². The molecular weight excluding hydrogens is 435 g/mol. The molecule has 8 nitrogen and oxygen atoms in total. The number of hydrogen-bond acceptors (Lipinski definition) is 8. The number of carbonyl (C=O) groups excluding carboxylic acids is 2.